The van der Waals surface area contributed by atoms with Crippen LogP contribution in [0.3, 0.4) is 0 Å². The first-order valence-electron chi connectivity index (χ1n) is 7.62. The fraction of sp³-hybridized carbons (Fsp3) is 0.167. The first-order chi connectivity index (χ1) is 12.6. The Hall–Kier alpha value is -3.55. The number of methoxy groups -OCH3 is 2. The second kappa shape index (κ2) is 7.56. The van der Waals surface area contributed by atoms with E-state index >= 15 is 0 Å². The van der Waals surface area contributed by atoms with Gasteiger partial charge in [-0.3, -0.25) is 0 Å². The molecule has 0 aliphatic heterocycles. The number of hydrogen-bond donors (Lipinski definition) is 1. The lowest BCUT2D eigenvalue weighted by molar-refractivity contribution is -0.139. The van der Waals surface area contributed by atoms with E-state index in [0.29, 0.717) is 40.1 Å². The van der Waals surface area contributed by atoms with Crippen molar-refractivity contribution in [1.29, 1.82) is 0 Å². The Morgan fingerprint density at radius 3 is 2.62 bits per heavy atom. The highest BCUT2D eigenvalue weighted by molar-refractivity contribution is 5.69. The fourth-order valence-corrected chi connectivity index (χ4v) is 2.30. The van der Waals surface area contributed by atoms with Gasteiger partial charge in [0, 0.05) is 11.1 Å². The summed E-state index contributed by atoms with van der Waals surface area (Å²) in [5.74, 6) is 1.18. The van der Waals surface area contributed by atoms with Crippen LogP contribution in [0.4, 0.5) is 0 Å². The molecule has 3 rings (SSSR count). The smallest absolute Gasteiger partial charge is 0.341 e. The van der Waals surface area contributed by atoms with Crippen molar-refractivity contribution in [3.63, 3.8) is 0 Å². The maximum Gasteiger partial charge on any atom is 0.341 e. The molecule has 0 aliphatic carbocycles. The molecule has 1 heterocycles. The molecule has 0 fully saturated rings. The van der Waals surface area contributed by atoms with Crippen LogP contribution in [0.25, 0.3) is 22.8 Å². The Morgan fingerprint density at radius 1 is 1.08 bits per heavy atom. The minimum atomic E-state index is -1.05. The van der Waals surface area contributed by atoms with Crippen LogP contribution in [-0.4, -0.2) is 42.0 Å². The Morgan fingerprint density at radius 2 is 1.88 bits per heavy atom. The summed E-state index contributed by atoms with van der Waals surface area (Å²) in [6, 6.07) is 12.1. The summed E-state index contributed by atoms with van der Waals surface area (Å²) in [6.07, 6.45) is 0. The number of carboxylic acids is 1. The van der Waals surface area contributed by atoms with Gasteiger partial charge in [-0.2, -0.15) is 4.98 Å². The molecule has 2 aromatic carbocycles. The summed E-state index contributed by atoms with van der Waals surface area (Å²) in [5, 5.41) is 12.7. The van der Waals surface area contributed by atoms with Gasteiger partial charge in [-0.05, 0) is 30.3 Å². The third-order valence-corrected chi connectivity index (χ3v) is 3.51. The van der Waals surface area contributed by atoms with Crippen molar-refractivity contribution in [3.05, 3.63) is 42.5 Å². The number of aromatic nitrogens is 2. The van der Waals surface area contributed by atoms with Gasteiger partial charge in [0.2, 0.25) is 5.82 Å². The Balaban J connectivity index is 1.86. The molecule has 1 aromatic heterocycles. The molecular weight excluding hydrogens is 340 g/mol. The highest BCUT2D eigenvalue weighted by atomic mass is 16.5. The maximum atomic E-state index is 10.6. The van der Waals surface area contributed by atoms with Gasteiger partial charge >= 0.3 is 5.97 Å². The van der Waals surface area contributed by atoms with Crippen LogP contribution in [0.15, 0.2) is 47.0 Å². The number of ether oxygens (including phenoxy) is 3. The number of carboxylic acid groups (broad SMARTS) is 1. The number of nitrogens with zero attached hydrogens (tertiary/aromatic N) is 2. The molecule has 0 unspecified atom stereocenters. The molecule has 0 spiro atoms. The number of hydrogen-bond acceptors (Lipinski definition) is 7. The molecular formula is C18H16N2O6. The number of rotatable bonds is 7. The van der Waals surface area contributed by atoms with E-state index in [0.717, 1.165) is 0 Å². The highest BCUT2D eigenvalue weighted by Crippen LogP contribution is 2.32. The minimum Gasteiger partial charge on any atom is -0.493 e. The molecule has 0 aliphatic rings. The SMILES string of the molecule is COc1ccc(-c2nc(-c3cccc(OCC(=O)O)c3)no2)cc1OC. The zero-order valence-corrected chi connectivity index (χ0v) is 14.1. The molecule has 3 aromatic rings. The molecule has 0 saturated heterocycles. The van der Waals surface area contributed by atoms with Gasteiger partial charge in [0.25, 0.3) is 5.89 Å². The van der Waals surface area contributed by atoms with Crippen LogP contribution in [-0.2, 0) is 4.79 Å². The lowest BCUT2D eigenvalue weighted by Crippen LogP contribution is -2.09. The van der Waals surface area contributed by atoms with Crippen molar-refractivity contribution in [2.45, 2.75) is 0 Å². The predicted molar refractivity (Wildman–Crippen MR) is 91.4 cm³/mol. The van der Waals surface area contributed by atoms with Gasteiger partial charge in [-0.1, -0.05) is 17.3 Å². The van der Waals surface area contributed by atoms with Gasteiger partial charge < -0.3 is 23.8 Å². The lowest BCUT2D eigenvalue weighted by atomic mass is 10.2. The van der Waals surface area contributed by atoms with E-state index in [1.807, 2.05) is 0 Å². The Bertz CT molecular complexity index is 922. The van der Waals surface area contributed by atoms with Crippen LogP contribution in [0.5, 0.6) is 17.2 Å². The quantitative estimate of drug-likeness (QED) is 0.689. The van der Waals surface area contributed by atoms with Crippen molar-refractivity contribution in [2.75, 3.05) is 20.8 Å². The molecule has 0 atom stereocenters. The predicted octanol–water partition coefficient (Wildman–Crippen LogP) is 2.88. The molecule has 8 nitrogen and oxygen atoms in total. The molecule has 1 N–H and O–H groups in total. The summed E-state index contributed by atoms with van der Waals surface area (Å²) >= 11 is 0. The maximum absolute atomic E-state index is 10.6. The number of carbonyl (C=O) groups is 1. The zero-order valence-electron chi connectivity index (χ0n) is 14.1. The first-order valence-corrected chi connectivity index (χ1v) is 7.62. The van der Waals surface area contributed by atoms with Crippen LogP contribution in [0.1, 0.15) is 0 Å². The molecule has 0 radical (unpaired) electrons. The summed E-state index contributed by atoms with van der Waals surface area (Å²) in [5.41, 5.74) is 1.32. The van der Waals surface area contributed by atoms with E-state index in [1.54, 1.807) is 56.7 Å². The van der Waals surface area contributed by atoms with E-state index in [2.05, 4.69) is 10.1 Å². The summed E-state index contributed by atoms with van der Waals surface area (Å²) in [4.78, 5) is 15.0. The summed E-state index contributed by atoms with van der Waals surface area (Å²) < 4.78 is 21.0. The first kappa shape index (κ1) is 17.3. The summed E-state index contributed by atoms with van der Waals surface area (Å²) in [7, 11) is 3.10. The van der Waals surface area contributed by atoms with Crippen molar-refractivity contribution in [1.82, 2.24) is 10.1 Å². The standard InChI is InChI=1S/C18H16N2O6/c1-23-14-7-6-12(9-15(14)24-2)18-19-17(20-26-18)11-4-3-5-13(8-11)25-10-16(21)22/h3-9H,10H2,1-2H3,(H,21,22). The van der Waals surface area contributed by atoms with E-state index in [9.17, 15) is 4.79 Å². The number of aliphatic carboxylic acids is 1. The van der Waals surface area contributed by atoms with E-state index < -0.39 is 12.6 Å². The monoisotopic (exact) mass is 356 g/mol. The average Bonchev–Trinajstić information content (AvgIpc) is 3.16. The minimum absolute atomic E-state index is 0.317. The van der Waals surface area contributed by atoms with Crippen LogP contribution in [0, 0.1) is 0 Å². The van der Waals surface area contributed by atoms with E-state index in [4.69, 9.17) is 23.8 Å². The van der Waals surface area contributed by atoms with Crippen LogP contribution >= 0.6 is 0 Å². The molecule has 0 bridgehead atoms. The molecule has 26 heavy (non-hydrogen) atoms. The molecule has 0 amide bonds. The van der Waals surface area contributed by atoms with Gasteiger partial charge in [0.1, 0.15) is 5.75 Å². The second-order valence-electron chi connectivity index (χ2n) is 5.20. The van der Waals surface area contributed by atoms with Gasteiger partial charge in [-0.25, -0.2) is 4.79 Å². The average molecular weight is 356 g/mol. The van der Waals surface area contributed by atoms with Crippen molar-refractivity contribution in [2.24, 2.45) is 0 Å². The Labute approximate surface area is 148 Å². The summed E-state index contributed by atoms with van der Waals surface area (Å²) in [6.45, 7) is -0.424. The molecule has 8 heteroatoms. The van der Waals surface area contributed by atoms with Gasteiger partial charge in [0.15, 0.2) is 18.1 Å². The van der Waals surface area contributed by atoms with Crippen LogP contribution < -0.4 is 14.2 Å². The Kier molecular flexibility index (Phi) is 5.02. The third-order valence-electron chi connectivity index (χ3n) is 3.51. The van der Waals surface area contributed by atoms with Crippen LogP contribution in [0.2, 0.25) is 0 Å². The van der Waals surface area contributed by atoms with Gasteiger partial charge in [-0.15, -0.1) is 0 Å². The topological polar surface area (TPSA) is 104 Å². The van der Waals surface area contributed by atoms with E-state index in [1.165, 1.54) is 0 Å². The zero-order chi connectivity index (χ0) is 18.5. The van der Waals surface area contributed by atoms with Crippen molar-refractivity contribution >= 4 is 5.97 Å². The van der Waals surface area contributed by atoms with Crippen molar-refractivity contribution < 1.29 is 28.6 Å². The third kappa shape index (κ3) is 3.75. The second-order valence-corrected chi connectivity index (χ2v) is 5.20. The lowest BCUT2D eigenvalue weighted by Gasteiger charge is -2.07. The normalized spacial score (nSPS) is 10.4. The molecule has 0 saturated carbocycles. The van der Waals surface area contributed by atoms with Gasteiger partial charge in [0.05, 0.1) is 14.2 Å². The molecule has 134 valence electrons. The fourth-order valence-electron chi connectivity index (χ4n) is 2.30. The largest absolute Gasteiger partial charge is 0.493 e. The number of benzene rings is 2. The highest BCUT2D eigenvalue weighted by Gasteiger charge is 2.14. The van der Waals surface area contributed by atoms with E-state index in [-0.39, 0.29) is 0 Å². The van der Waals surface area contributed by atoms with Crippen molar-refractivity contribution in [3.8, 4) is 40.1 Å².